The molecule has 0 aromatic rings. The number of aliphatic hydroxyl groups excluding tert-OH is 4. The van der Waals surface area contributed by atoms with Gasteiger partial charge in [0, 0.05) is 57.0 Å². The van der Waals surface area contributed by atoms with Crippen LogP contribution in [0.5, 0.6) is 0 Å². The number of Topliss-reactive ketones (excluding diaryl/α,β-unsaturated/α-hetero) is 1. The number of aliphatic hydroxyl groups is 6. The maximum Gasteiger partial charge on any atom is 0.311 e. The molecule has 0 radical (unpaired) electrons. The molecule has 1 unspecified atom stereocenters. The number of carbonyl (C=O) groups is 2. The van der Waals surface area contributed by atoms with Gasteiger partial charge >= 0.3 is 5.97 Å². The lowest BCUT2D eigenvalue weighted by atomic mass is 9.77. The van der Waals surface area contributed by atoms with Crippen molar-refractivity contribution in [3.63, 3.8) is 0 Å². The van der Waals surface area contributed by atoms with Gasteiger partial charge in [0.25, 0.3) is 0 Å². The summed E-state index contributed by atoms with van der Waals surface area (Å²) in [6.07, 6.45) is -9.94. The molecule has 3 saturated heterocycles. The zero-order valence-corrected chi connectivity index (χ0v) is 39.1. The minimum Gasteiger partial charge on any atom is -0.459 e. The highest BCUT2D eigenvalue weighted by molar-refractivity contribution is 5.75. The Balaban J connectivity index is 2.16. The van der Waals surface area contributed by atoms with E-state index in [1.165, 1.54) is 21.0 Å². The van der Waals surface area contributed by atoms with Gasteiger partial charge in [0.15, 0.2) is 12.6 Å². The summed E-state index contributed by atoms with van der Waals surface area (Å²) >= 11 is 0. The summed E-state index contributed by atoms with van der Waals surface area (Å²) in [7, 11) is 5.14. The number of ether oxygens (including phenoxy) is 6. The summed E-state index contributed by atoms with van der Waals surface area (Å²) in [5.74, 6) is -3.25. The Labute approximate surface area is 359 Å². The van der Waals surface area contributed by atoms with E-state index in [-0.39, 0.29) is 43.3 Å². The standard InChI is InChI=1S/C44H82N2O14/c1-16-33-44(12,54)37(50)28(7)45(13)21-23(2)19-42(10,53)39(60-41-35(49)32(18-25(4)56-41)46(14)22-31(29(8)48)17-24(3)47)26(5)36(27(6)40(52)58-33)59-34-20-43(11,55-15)38(51)30(9)57-34/h23,25-39,41,48-51,53-54H,16-22H2,1-15H3/t23-,25-,26+,27-,28-,29+,30+,31?,32+,33-,34+,35-,36+,37-,38+,39-,41+,42-,43-,44-/m1/s1. The molecule has 16 nitrogen and oxygen atoms in total. The van der Waals surface area contributed by atoms with Gasteiger partial charge in [-0.05, 0) is 102 Å². The van der Waals surface area contributed by atoms with Crippen molar-refractivity contribution in [1.29, 1.82) is 0 Å². The molecule has 3 aliphatic rings. The maximum atomic E-state index is 14.4. The third-order valence-corrected chi connectivity index (χ3v) is 13.9. The molecule has 3 rings (SSSR count). The number of cyclic esters (lactones) is 1. The Bertz CT molecular complexity index is 1370. The van der Waals surface area contributed by atoms with Gasteiger partial charge in [-0.25, -0.2) is 0 Å². The lowest BCUT2D eigenvalue weighted by Gasteiger charge is -2.49. The highest BCUT2D eigenvalue weighted by Gasteiger charge is 2.53. The smallest absolute Gasteiger partial charge is 0.311 e. The molecule has 20 atom stereocenters. The summed E-state index contributed by atoms with van der Waals surface area (Å²) in [5.41, 5.74) is -4.55. The second kappa shape index (κ2) is 21.5. The number of rotatable bonds is 12. The molecular formula is C44H82N2O14. The van der Waals surface area contributed by atoms with E-state index in [0.29, 0.717) is 19.5 Å². The Morgan fingerprint density at radius 1 is 1.00 bits per heavy atom. The second-order valence-electron chi connectivity index (χ2n) is 19.5. The Kier molecular flexibility index (Phi) is 19.0. The zero-order valence-electron chi connectivity index (χ0n) is 39.1. The molecule has 0 saturated carbocycles. The number of methoxy groups -OCH3 is 1. The molecule has 3 aliphatic heterocycles. The number of esters is 1. The summed E-state index contributed by atoms with van der Waals surface area (Å²) in [6, 6.07) is -1.09. The van der Waals surface area contributed by atoms with Crippen molar-refractivity contribution < 1.29 is 68.6 Å². The number of hydrogen-bond acceptors (Lipinski definition) is 16. The van der Waals surface area contributed by atoms with E-state index in [1.807, 2.05) is 37.7 Å². The first-order valence-electron chi connectivity index (χ1n) is 22.1. The lowest BCUT2D eigenvalue weighted by Crippen LogP contribution is -2.61. The highest BCUT2D eigenvalue weighted by atomic mass is 16.7. The maximum absolute atomic E-state index is 14.4. The SMILES string of the molecule is CC[C@H]1OC(=O)[C@H](C)[C@@H](O[C@H]2C[C@@](C)(OC)[C@@H](O)[C@H](C)O2)[C@H](C)[C@@H](O[C@@H]2O[C@H](C)C[C@H](N(C)CC(CC(C)=O)[C@H](C)O)[C@H]2O)[C@](C)(O)C[C@@H](C)CN(C)[C@H](C)[C@@H](O)[C@]1(C)O. The van der Waals surface area contributed by atoms with Gasteiger partial charge in [-0.3, -0.25) is 4.79 Å². The molecule has 0 aliphatic carbocycles. The molecule has 0 spiro atoms. The fraction of sp³-hybridized carbons (Fsp3) is 0.955. The van der Waals surface area contributed by atoms with Crippen LogP contribution in [0, 0.1) is 23.7 Å². The topological polar surface area (TPSA) is 217 Å². The molecule has 3 heterocycles. The van der Waals surface area contributed by atoms with Crippen molar-refractivity contribution in [1.82, 2.24) is 9.80 Å². The molecule has 0 bridgehead atoms. The van der Waals surface area contributed by atoms with Gasteiger partial charge in [-0.15, -0.1) is 0 Å². The van der Waals surface area contributed by atoms with Crippen molar-refractivity contribution in [2.24, 2.45) is 23.7 Å². The molecule has 0 aromatic carbocycles. The summed E-state index contributed by atoms with van der Waals surface area (Å²) < 4.78 is 37.9. The number of nitrogens with zero attached hydrogens (tertiary/aromatic N) is 2. The van der Waals surface area contributed by atoms with Crippen molar-refractivity contribution in [3.8, 4) is 0 Å². The molecule has 352 valence electrons. The van der Waals surface area contributed by atoms with E-state index in [2.05, 4.69) is 0 Å². The zero-order chi connectivity index (χ0) is 45.8. The Morgan fingerprint density at radius 2 is 1.62 bits per heavy atom. The third-order valence-electron chi connectivity index (χ3n) is 13.9. The molecule has 3 fully saturated rings. The molecule has 0 aromatic heterocycles. The van der Waals surface area contributed by atoms with Crippen LogP contribution >= 0.6 is 0 Å². The van der Waals surface area contributed by atoms with E-state index in [9.17, 15) is 40.2 Å². The average Bonchev–Trinajstić information content (AvgIpc) is 3.15. The third kappa shape index (κ3) is 12.7. The minimum absolute atomic E-state index is 0.0512. The molecule has 60 heavy (non-hydrogen) atoms. The first-order valence-corrected chi connectivity index (χ1v) is 22.1. The van der Waals surface area contributed by atoms with E-state index >= 15 is 0 Å². The van der Waals surface area contributed by atoms with Gasteiger partial charge in [-0.1, -0.05) is 20.8 Å². The van der Waals surface area contributed by atoms with Gasteiger partial charge in [0.05, 0.1) is 47.6 Å². The monoisotopic (exact) mass is 863 g/mol. The van der Waals surface area contributed by atoms with Gasteiger partial charge in [0.2, 0.25) is 0 Å². The lowest BCUT2D eigenvalue weighted by molar-refractivity contribution is -0.318. The van der Waals surface area contributed by atoms with Crippen molar-refractivity contribution >= 4 is 11.8 Å². The molecule has 6 N–H and O–H groups in total. The van der Waals surface area contributed by atoms with Crippen LogP contribution in [-0.2, 0) is 38.0 Å². The Morgan fingerprint density at radius 3 is 2.17 bits per heavy atom. The first kappa shape index (κ1) is 53.0. The molecule has 16 heteroatoms. The number of likely N-dealkylation sites (N-methyl/N-ethyl adjacent to an activating group) is 2. The summed E-state index contributed by atoms with van der Waals surface area (Å²) in [4.78, 5) is 30.2. The van der Waals surface area contributed by atoms with E-state index in [1.54, 1.807) is 55.4 Å². The summed E-state index contributed by atoms with van der Waals surface area (Å²) in [5, 5.41) is 69.6. The largest absolute Gasteiger partial charge is 0.459 e. The van der Waals surface area contributed by atoms with Crippen LogP contribution in [0.3, 0.4) is 0 Å². The second-order valence-corrected chi connectivity index (χ2v) is 19.5. The number of ketones is 1. The van der Waals surface area contributed by atoms with Crippen LogP contribution in [0.15, 0.2) is 0 Å². The van der Waals surface area contributed by atoms with Crippen molar-refractivity contribution in [2.75, 3.05) is 34.3 Å². The van der Waals surface area contributed by atoms with E-state index < -0.39 is 114 Å². The quantitative estimate of drug-likeness (QED) is 0.155. The van der Waals surface area contributed by atoms with Crippen molar-refractivity contribution in [3.05, 3.63) is 0 Å². The number of hydrogen-bond donors (Lipinski definition) is 6. The predicted octanol–water partition coefficient (Wildman–Crippen LogP) is 2.25. The summed E-state index contributed by atoms with van der Waals surface area (Å²) in [6.45, 7) is 21.2. The average molecular weight is 863 g/mol. The van der Waals surface area contributed by atoms with Crippen LogP contribution in [-0.4, -0.2) is 183 Å². The van der Waals surface area contributed by atoms with Crippen LogP contribution < -0.4 is 0 Å². The first-order chi connectivity index (χ1) is 27.6. The fourth-order valence-corrected chi connectivity index (χ4v) is 9.92. The molecule has 0 amide bonds. The molecular weight excluding hydrogens is 780 g/mol. The van der Waals surface area contributed by atoms with Gasteiger partial charge < -0.3 is 73.7 Å². The highest BCUT2D eigenvalue weighted by Crippen LogP contribution is 2.40. The minimum atomic E-state index is -1.84. The van der Waals surface area contributed by atoms with Gasteiger partial charge in [0.1, 0.15) is 35.8 Å². The van der Waals surface area contributed by atoms with Gasteiger partial charge in [-0.2, -0.15) is 0 Å². The van der Waals surface area contributed by atoms with Crippen LogP contribution in [0.1, 0.15) is 115 Å². The predicted molar refractivity (Wildman–Crippen MR) is 224 cm³/mol. The van der Waals surface area contributed by atoms with Crippen LogP contribution in [0.25, 0.3) is 0 Å². The van der Waals surface area contributed by atoms with E-state index in [0.717, 1.165) is 0 Å². The van der Waals surface area contributed by atoms with Crippen LogP contribution in [0.2, 0.25) is 0 Å². The normalized spacial score (nSPS) is 45.6. The van der Waals surface area contributed by atoms with Crippen LogP contribution in [0.4, 0.5) is 0 Å². The Hall–Kier alpha value is -1.38. The number of carbonyl (C=O) groups excluding carboxylic acids is 2. The van der Waals surface area contributed by atoms with Crippen molar-refractivity contribution in [2.45, 2.75) is 212 Å². The van der Waals surface area contributed by atoms with E-state index in [4.69, 9.17) is 28.4 Å². The fourth-order valence-electron chi connectivity index (χ4n) is 9.92.